The van der Waals surface area contributed by atoms with E-state index in [-0.39, 0.29) is 27.9 Å². The van der Waals surface area contributed by atoms with Crippen molar-refractivity contribution < 1.29 is 27.0 Å². The third-order valence-corrected chi connectivity index (χ3v) is 3.94. The van der Waals surface area contributed by atoms with Crippen molar-refractivity contribution in [2.24, 2.45) is 5.10 Å². The number of nitrogens with one attached hydrogen (secondary N) is 2. The molecule has 0 heterocycles. The van der Waals surface area contributed by atoms with Gasteiger partial charge in [-0.1, -0.05) is 12.1 Å². The monoisotopic (exact) mass is 429 g/mol. The maximum absolute atomic E-state index is 12.7. The summed E-state index contributed by atoms with van der Waals surface area (Å²) in [6.45, 7) is -0.867. The Morgan fingerprint density at radius 1 is 1.00 bits per heavy atom. The lowest BCUT2D eigenvalue weighted by atomic mass is 10.1. The van der Waals surface area contributed by atoms with E-state index >= 15 is 0 Å². The molecule has 156 valence electrons. The van der Waals surface area contributed by atoms with Crippen molar-refractivity contribution in [1.82, 2.24) is 5.43 Å². The van der Waals surface area contributed by atoms with E-state index in [0.717, 1.165) is 22.9 Å². The fourth-order valence-electron chi connectivity index (χ4n) is 2.39. The van der Waals surface area contributed by atoms with Gasteiger partial charge in [0, 0.05) is 17.3 Å². The zero-order valence-electron chi connectivity index (χ0n) is 15.8. The Labute approximate surface area is 170 Å². The molecule has 0 radical (unpaired) electrons. The SMILES string of the molecule is C/C(=N/NC(=S)Nc1cc(C)ccc1C)c1ccc(OC(F)F)cc1OC(F)F. The highest BCUT2D eigenvalue weighted by Gasteiger charge is 2.15. The van der Waals surface area contributed by atoms with Crippen LogP contribution < -0.4 is 20.2 Å². The Balaban J connectivity index is 2.16. The molecule has 0 fully saturated rings. The van der Waals surface area contributed by atoms with E-state index in [9.17, 15) is 17.6 Å². The summed E-state index contributed by atoms with van der Waals surface area (Å²) >= 11 is 5.19. The zero-order chi connectivity index (χ0) is 21.6. The van der Waals surface area contributed by atoms with Gasteiger partial charge in [0.05, 0.1) is 5.71 Å². The minimum absolute atomic E-state index is 0.161. The lowest BCUT2D eigenvalue weighted by molar-refractivity contribution is -0.0543. The smallest absolute Gasteiger partial charge is 0.387 e. The molecule has 29 heavy (non-hydrogen) atoms. The van der Waals surface area contributed by atoms with Crippen LogP contribution in [0.4, 0.5) is 23.2 Å². The molecule has 0 amide bonds. The molecular weight excluding hydrogens is 410 g/mol. The van der Waals surface area contributed by atoms with Crippen LogP contribution in [0.15, 0.2) is 41.5 Å². The van der Waals surface area contributed by atoms with Gasteiger partial charge in [0.15, 0.2) is 5.11 Å². The quantitative estimate of drug-likeness (QED) is 0.274. The molecule has 0 atom stereocenters. The number of rotatable bonds is 7. The molecule has 2 rings (SSSR count). The van der Waals surface area contributed by atoms with Crippen molar-refractivity contribution in [3.8, 4) is 11.5 Å². The largest absolute Gasteiger partial charge is 0.435 e. The minimum Gasteiger partial charge on any atom is -0.435 e. The average Bonchev–Trinajstić information content (AvgIpc) is 2.62. The van der Waals surface area contributed by atoms with Gasteiger partial charge >= 0.3 is 13.2 Å². The Morgan fingerprint density at radius 3 is 2.34 bits per heavy atom. The number of ether oxygens (including phenoxy) is 2. The van der Waals surface area contributed by atoms with Gasteiger partial charge in [0.1, 0.15) is 11.5 Å². The Morgan fingerprint density at radius 2 is 1.69 bits per heavy atom. The number of halogens is 4. The summed E-state index contributed by atoms with van der Waals surface area (Å²) in [4.78, 5) is 0. The van der Waals surface area contributed by atoms with Crippen LogP contribution in [0.2, 0.25) is 0 Å². The van der Waals surface area contributed by atoms with Gasteiger partial charge in [-0.3, -0.25) is 5.43 Å². The molecule has 0 saturated heterocycles. The summed E-state index contributed by atoms with van der Waals surface area (Å²) < 4.78 is 58.7. The summed E-state index contributed by atoms with van der Waals surface area (Å²) in [6, 6.07) is 9.25. The van der Waals surface area contributed by atoms with E-state index < -0.39 is 13.2 Å². The van der Waals surface area contributed by atoms with Crippen LogP contribution in [0.1, 0.15) is 23.6 Å². The molecule has 0 aromatic heterocycles. The molecule has 0 spiro atoms. The van der Waals surface area contributed by atoms with Gasteiger partial charge in [-0.25, -0.2) is 0 Å². The second kappa shape index (κ2) is 10.1. The van der Waals surface area contributed by atoms with E-state index in [0.29, 0.717) is 0 Å². The summed E-state index contributed by atoms with van der Waals surface area (Å²) in [5, 5.41) is 7.23. The first-order valence-electron chi connectivity index (χ1n) is 8.38. The van der Waals surface area contributed by atoms with Crippen LogP contribution >= 0.6 is 12.2 Å². The standard InChI is InChI=1S/C19H19F4N3O2S/c1-10-4-5-11(2)15(8-10)24-19(29)26-25-12(3)14-7-6-13(27-17(20)21)9-16(14)28-18(22)23/h4-9,17-18H,1-3H3,(H2,24,26,29)/b25-12-. The topological polar surface area (TPSA) is 54.9 Å². The number of hydrogen-bond donors (Lipinski definition) is 2. The molecule has 0 aliphatic carbocycles. The van der Waals surface area contributed by atoms with Gasteiger partial charge in [0.25, 0.3) is 0 Å². The predicted molar refractivity (Wildman–Crippen MR) is 107 cm³/mol. The fourth-order valence-corrected chi connectivity index (χ4v) is 2.54. The fraction of sp³-hybridized carbons (Fsp3) is 0.263. The normalized spacial score (nSPS) is 11.6. The van der Waals surface area contributed by atoms with Crippen molar-refractivity contribution in [1.29, 1.82) is 0 Å². The number of hydrazone groups is 1. The summed E-state index contributed by atoms with van der Waals surface area (Å²) in [6.07, 6.45) is 0. The van der Waals surface area contributed by atoms with Gasteiger partial charge in [-0.2, -0.15) is 22.7 Å². The van der Waals surface area contributed by atoms with E-state index in [1.54, 1.807) is 0 Å². The first-order chi connectivity index (χ1) is 13.7. The number of aryl methyl sites for hydroxylation is 2. The lowest BCUT2D eigenvalue weighted by Crippen LogP contribution is -2.25. The maximum Gasteiger partial charge on any atom is 0.387 e. The van der Waals surface area contributed by atoms with Gasteiger partial charge in [-0.05, 0) is 62.3 Å². The van der Waals surface area contributed by atoms with E-state index in [4.69, 9.17) is 12.2 Å². The van der Waals surface area contributed by atoms with Crippen molar-refractivity contribution in [2.45, 2.75) is 34.0 Å². The third-order valence-electron chi connectivity index (χ3n) is 3.75. The number of hydrogen-bond acceptors (Lipinski definition) is 4. The highest BCUT2D eigenvalue weighted by Crippen LogP contribution is 2.28. The van der Waals surface area contributed by atoms with Gasteiger partial charge in [0.2, 0.25) is 0 Å². The third kappa shape index (κ3) is 6.90. The molecule has 2 N–H and O–H groups in total. The van der Waals surface area contributed by atoms with Crippen LogP contribution in [-0.2, 0) is 0 Å². The molecule has 10 heteroatoms. The molecule has 0 saturated carbocycles. The van der Waals surface area contributed by atoms with E-state index in [1.807, 2.05) is 32.0 Å². The summed E-state index contributed by atoms with van der Waals surface area (Å²) in [5.41, 5.74) is 5.84. The first-order valence-corrected chi connectivity index (χ1v) is 8.79. The number of nitrogens with zero attached hydrogens (tertiary/aromatic N) is 1. The Bertz CT molecular complexity index is 907. The van der Waals surface area contributed by atoms with Gasteiger partial charge < -0.3 is 14.8 Å². The van der Waals surface area contributed by atoms with Crippen LogP contribution in [0.3, 0.4) is 0 Å². The molecule has 0 aliphatic rings. The summed E-state index contributed by atoms with van der Waals surface area (Å²) in [5.74, 6) is -0.665. The van der Waals surface area contributed by atoms with Crippen molar-refractivity contribution in [2.75, 3.05) is 5.32 Å². The van der Waals surface area contributed by atoms with Crippen LogP contribution in [0, 0.1) is 13.8 Å². The number of alkyl halides is 4. The van der Waals surface area contributed by atoms with Crippen molar-refractivity contribution >= 4 is 28.7 Å². The Kier molecular flexibility index (Phi) is 7.77. The molecule has 0 bridgehead atoms. The highest BCUT2D eigenvalue weighted by atomic mass is 32.1. The van der Waals surface area contributed by atoms with Crippen LogP contribution in [0.25, 0.3) is 0 Å². The number of benzene rings is 2. The molecule has 0 unspecified atom stereocenters. The summed E-state index contributed by atoms with van der Waals surface area (Å²) in [7, 11) is 0. The number of thiocarbonyl (C=S) groups is 1. The molecular formula is C19H19F4N3O2S. The molecule has 0 aliphatic heterocycles. The molecule has 5 nitrogen and oxygen atoms in total. The zero-order valence-corrected chi connectivity index (χ0v) is 16.6. The van der Waals surface area contributed by atoms with E-state index in [2.05, 4.69) is 25.3 Å². The van der Waals surface area contributed by atoms with Crippen LogP contribution in [0.5, 0.6) is 11.5 Å². The van der Waals surface area contributed by atoms with Crippen molar-refractivity contribution in [3.63, 3.8) is 0 Å². The predicted octanol–water partition coefficient (Wildman–Crippen LogP) is 5.22. The lowest BCUT2D eigenvalue weighted by Gasteiger charge is -2.14. The Hall–Kier alpha value is -2.88. The molecule has 2 aromatic rings. The first kappa shape index (κ1) is 22.4. The highest BCUT2D eigenvalue weighted by molar-refractivity contribution is 7.80. The molecule has 2 aromatic carbocycles. The second-order valence-corrected chi connectivity index (χ2v) is 6.40. The second-order valence-electron chi connectivity index (χ2n) is 6.00. The van der Waals surface area contributed by atoms with E-state index in [1.165, 1.54) is 19.1 Å². The maximum atomic E-state index is 12.7. The average molecular weight is 429 g/mol. The minimum atomic E-state index is -3.15. The van der Waals surface area contributed by atoms with Gasteiger partial charge in [-0.15, -0.1) is 0 Å². The number of anilines is 1. The van der Waals surface area contributed by atoms with Crippen LogP contribution in [-0.4, -0.2) is 24.0 Å². The van der Waals surface area contributed by atoms with Crippen molar-refractivity contribution in [3.05, 3.63) is 53.1 Å².